The van der Waals surface area contributed by atoms with Crippen LogP contribution in [0.25, 0.3) is 11.1 Å². The van der Waals surface area contributed by atoms with E-state index in [-0.39, 0.29) is 23.1 Å². The largest absolute Gasteiger partial charge is 0.497 e. The lowest BCUT2D eigenvalue weighted by molar-refractivity contribution is 0.0922. The number of hydrogen-bond acceptors (Lipinski definition) is 5. The fourth-order valence-electron chi connectivity index (χ4n) is 4.07. The van der Waals surface area contributed by atoms with E-state index in [1.807, 2.05) is 36.5 Å². The standard InChI is InChI=1S/C25H28N4O3/c1-32-22-10-4-18(5-11-22)19-13-23(24(30)28-16-19)25(31)29-21-8-6-20(7-9-21)27-15-17-3-2-12-26-14-17/h2-5,10-14,16,20-21,27H,6-9,15H2,1H3,(H,28,30)(H,29,31). The van der Waals surface area contributed by atoms with Crippen LogP contribution in [0.5, 0.6) is 5.75 Å². The molecular formula is C25H28N4O3. The summed E-state index contributed by atoms with van der Waals surface area (Å²) in [4.78, 5) is 32.0. The molecule has 1 saturated carbocycles. The first-order chi connectivity index (χ1) is 15.6. The van der Waals surface area contributed by atoms with Gasteiger partial charge >= 0.3 is 0 Å². The molecule has 4 rings (SSSR count). The first kappa shape index (κ1) is 21.8. The number of pyridine rings is 2. The summed E-state index contributed by atoms with van der Waals surface area (Å²) in [7, 11) is 1.61. The molecule has 1 amide bonds. The molecule has 32 heavy (non-hydrogen) atoms. The van der Waals surface area contributed by atoms with E-state index in [0.29, 0.717) is 6.04 Å². The van der Waals surface area contributed by atoms with Gasteiger partial charge in [0.15, 0.2) is 0 Å². The summed E-state index contributed by atoms with van der Waals surface area (Å²) in [6, 6.07) is 13.6. The molecule has 3 N–H and O–H groups in total. The van der Waals surface area contributed by atoms with Crippen molar-refractivity contribution in [2.24, 2.45) is 0 Å². The van der Waals surface area contributed by atoms with Crippen LogP contribution in [-0.2, 0) is 6.54 Å². The molecule has 0 unspecified atom stereocenters. The van der Waals surface area contributed by atoms with E-state index in [1.54, 1.807) is 25.6 Å². The van der Waals surface area contributed by atoms with Crippen molar-refractivity contribution in [3.8, 4) is 16.9 Å². The third-order valence-corrected chi connectivity index (χ3v) is 5.95. The number of H-pyrrole nitrogens is 1. The monoisotopic (exact) mass is 432 g/mol. The summed E-state index contributed by atoms with van der Waals surface area (Å²) < 4.78 is 5.19. The Kier molecular flexibility index (Phi) is 6.97. The van der Waals surface area contributed by atoms with Crippen molar-refractivity contribution < 1.29 is 9.53 Å². The highest BCUT2D eigenvalue weighted by Gasteiger charge is 2.23. The second-order valence-electron chi connectivity index (χ2n) is 8.12. The number of methoxy groups -OCH3 is 1. The van der Waals surface area contributed by atoms with Crippen molar-refractivity contribution in [3.05, 3.63) is 82.5 Å². The van der Waals surface area contributed by atoms with E-state index in [9.17, 15) is 9.59 Å². The normalized spacial score (nSPS) is 18.2. The lowest BCUT2D eigenvalue weighted by Gasteiger charge is -2.29. The van der Waals surface area contributed by atoms with E-state index in [1.165, 1.54) is 5.56 Å². The molecule has 0 radical (unpaired) electrons. The molecule has 166 valence electrons. The summed E-state index contributed by atoms with van der Waals surface area (Å²) in [5, 5.41) is 6.62. The van der Waals surface area contributed by atoms with Crippen molar-refractivity contribution in [2.45, 2.75) is 44.3 Å². The molecule has 2 heterocycles. The summed E-state index contributed by atoms with van der Waals surface area (Å²) in [6.45, 7) is 0.795. The fraction of sp³-hybridized carbons (Fsp3) is 0.320. The van der Waals surface area contributed by atoms with Crippen LogP contribution in [0.3, 0.4) is 0 Å². The van der Waals surface area contributed by atoms with Crippen molar-refractivity contribution in [2.75, 3.05) is 7.11 Å². The average Bonchev–Trinajstić information content (AvgIpc) is 2.84. The van der Waals surface area contributed by atoms with Gasteiger partial charge in [0.25, 0.3) is 11.5 Å². The van der Waals surface area contributed by atoms with Gasteiger partial charge in [0, 0.05) is 37.2 Å². The van der Waals surface area contributed by atoms with E-state index in [2.05, 4.69) is 26.7 Å². The minimum absolute atomic E-state index is 0.0722. The number of carbonyl (C=O) groups is 1. The van der Waals surface area contributed by atoms with Crippen molar-refractivity contribution in [1.29, 1.82) is 0 Å². The molecular weight excluding hydrogens is 404 g/mol. The second kappa shape index (κ2) is 10.2. The first-order valence-corrected chi connectivity index (χ1v) is 10.9. The van der Waals surface area contributed by atoms with Crippen LogP contribution < -0.4 is 20.9 Å². The molecule has 0 bridgehead atoms. The maximum Gasteiger partial charge on any atom is 0.260 e. The van der Waals surface area contributed by atoms with Gasteiger partial charge in [-0.2, -0.15) is 0 Å². The third-order valence-electron chi connectivity index (χ3n) is 5.95. The SMILES string of the molecule is COc1ccc(-c2c[nH]c(=O)c(C(=O)NC3CCC(NCc4cccnc4)CC3)c2)cc1. The van der Waals surface area contributed by atoms with Crippen molar-refractivity contribution in [3.63, 3.8) is 0 Å². The molecule has 1 fully saturated rings. The summed E-state index contributed by atoms with van der Waals surface area (Å²) in [5.41, 5.74) is 2.60. The topological polar surface area (TPSA) is 96.1 Å². The predicted octanol–water partition coefficient (Wildman–Crippen LogP) is 3.28. The fourth-order valence-corrected chi connectivity index (χ4v) is 4.07. The number of hydrogen-bond donors (Lipinski definition) is 3. The molecule has 0 atom stereocenters. The number of aromatic amines is 1. The second-order valence-corrected chi connectivity index (χ2v) is 8.12. The van der Waals surface area contributed by atoms with E-state index in [0.717, 1.165) is 49.1 Å². The number of aromatic nitrogens is 2. The number of amides is 1. The van der Waals surface area contributed by atoms with Gasteiger partial charge in [-0.15, -0.1) is 0 Å². The third kappa shape index (κ3) is 5.42. The molecule has 0 saturated heterocycles. The van der Waals surface area contributed by atoms with Gasteiger partial charge in [0.1, 0.15) is 11.3 Å². The number of carbonyl (C=O) groups excluding carboxylic acids is 1. The summed E-state index contributed by atoms with van der Waals surface area (Å²) in [6.07, 6.45) is 8.99. The maximum absolute atomic E-state index is 12.8. The zero-order valence-electron chi connectivity index (χ0n) is 18.1. The van der Waals surface area contributed by atoms with Gasteiger partial charge in [-0.25, -0.2) is 0 Å². The zero-order chi connectivity index (χ0) is 22.3. The predicted molar refractivity (Wildman–Crippen MR) is 124 cm³/mol. The van der Waals surface area contributed by atoms with Crippen LogP contribution in [0.4, 0.5) is 0 Å². The van der Waals surface area contributed by atoms with Crippen LogP contribution in [0, 0.1) is 0 Å². The highest BCUT2D eigenvalue weighted by Crippen LogP contribution is 2.22. The Bertz CT molecular complexity index is 1090. The molecule has 0 spiro atoms. The van der Waals surface area contributed by atoms with E-state index >= 15 is 0 Å². The Morgan fingerprint density at radius 2 is 1.84 bits per heavy atom. The number of nitrogens with zero attached hydrogens (tertiary/aromatic N) is 1. The maximum atomic E-state index is 12.8. The quantitative estimate of drug-likeness (QED) is 0.533. The average molecular weight is 433 g/mol. The lowest BCUT2D eigenvalue weighted by Crippen LogP contribution is -2.43. The summed E-state index contributed by atoms with van der Waals surface area (Å²) in [5.74, 6) is 0.426. The Balaban J connectivity index is 1.33. The zero-order valence-corrected chi connectivity index (χ0v) is 18.1. The van der Waals surface area contributed by atoms with Crippen LogP contribution in [0.15, 0.2) is 65.8 Å². The van der Waals surface area contributed by atoms with Crippen LogP contribution in [-0.4, -0.2) is 35.1 Å². The van der Waals surface area contributed by atoms with E-state index < -0.39 is 0 Å². The van der Waals surface area contributed by atoms with Gasteiger partial charge in [-0.05, 0) is 66.6 Å². The molecule has 3 aromatic rings. The van der Waals surface area contributed by atoms with Gasteiger partial charge in [-0.3, -0.25) is 14.6 Å². The van der Waals surface area contributed by atoms with Crippen LogP contribution >= 0.6 is 0 Å². The molecule has 7 nitrogen and oxygen atoms in total. The number of benzene rings is 1. The van der Waals surface area contributed by atoms with Gasteiger partial charge in [0.05, 0.1) is 7.11 Å². The van der Waals surface area contributed by atoms with Crippen molar-refractivity contribution in [1.82, 2.24) is 20.6 Å². The van der Waals surface area contributed by atoms with Crippen LogP contribution in [0.2, 0.25) is 0 Å². The molecule has 1 aromatic carbocycles. The van der Waals surface area contributed by atoms with Gasteiger partial charge in [0.2, 0.25) is 0 Å². The van der Waals surface area contributed by atoms with Gasteiger partial charge < -0.3 is 20.4 Å². The molecule has 2 aromatic heterocycles. The number of ether oxygens (including phenoxy) is 1. The van der Waals surface area contributed by atoms with E-state index in [4.69, 9.17) is 4.74 Å². The number of rotatable bonds is 7. The molecule has 1 aliphatic carbocycles. The lowest BCUT2D eigenvalue weighted by atomic mass is 9.91. The minimum atomic E-state index is -0.383. The van der Waals surface area contributed by atoms with Gasteiger partial charge in [-0.1, -0.05) is 18.2 Å². The van der Waals surface area contributed by atoms with Crippen LogP contribution in [0.1, 0.15) is 41.6 Å². The highest BCUT2D eigenvalue weighted by molar-refractivity contribution is 5.95. The molecule has 7 heteroatoms. The Hall–Kier alpha value is -3.45. The molecule has 0 aliphatic heterocycles. The highest BCUT2D eigenvalue weighted by atomic mass is 16.5. The Morgan fingerprint density at radius 3 is 2.53 bits per heavy atom. The minimum Gasteiger partial charge on any atom is -0.497 e. The smallest absolute Gasteiger partial charge is 0.260 e. The first-order valence-electron chi connectivity index (χ1n) is 10.9. The number of nitrogens with one attached hydrogen (secondary N) is 3. The summed E-state index contributed by atoms with van der Waals surface area (Å²) >= 11 is 0. The molecule has 1 aliphatic rings. The Labute approximate surface area is 187 Å². The Morgan fingerprint density at radius 1 is 1.09 bits per heavy atom. The van der Waals surface area contributed by atoms with Crippen molar-refractivity contribution >= 4 is 5.91 Å².